The van der Waals surface area contributed by atoms with Crippen LogP contribution in [0, 0.1) is 0 Å². The molecule has 0 fully saturated rings. The van der Waals surface area contributed by atoms with Crippen LogP contribution in [0.3, 0.4) is 0 Å². The molecule has 0 saturated carbocycles. The molecule has 0 aliphatic heterocycles. The minimum absolute atomic E-state index is 0.122. The maximum absolute atomic E-state index is 12.1. The molecule has 0 atom stereocenters. The van der Waals surface area contributed by atoms with E-state index in [9.17, 15) is 9.59 Å². The Labute approximate surface area is 157 Å². The van der Waals surface area contributed by atoms with E-state index in [1.807, 2.05) is 30.3 Å². The maximum atomic E-state index is 12.1. The summed E-state index contributed by atoms with van der Waals surface area (Å²) in [6, 6.07) is 14.5. The zero-order chi connectivity index (χ0) is 18.4. The normalized spacial score (nSPS) is 11.0. The van der Waals surface area contributed by atoms with Gasteiger partial charge in [-0.15, -0.1) is 0 Å². The Balaban J connectivity index is 1.85. The van der Waals surface area contributed by atoms with Gasteiger partial charge in [-0.3, -0.25) is 9.59 Å². The molecule has 0 aromatic heterocycles. The first-order valence-electron chi connectivity index (χ1n) is 7.85. The smallest absolute Gasteiger partial charge is 0.253 e. The Kier molecular flexibility index (Phi) is 6.45. The lowest BCUT2D eigenvalue weighted by Crippen LogP contribution is -2.42. The van der Waals surface area contributed by atoms with Gasteiger partial charge >= 0.3 is 0 Å². The summed E-state index contributed by atoms with van der Waals surface area (Å²) < 4.78 is 0. The van der Waals surface area contributed by atoms with Gasteiger partial charge in [0.15, 0.2) is 0 Å². The van der Waals surface area contributed by atoms with Crippen molar-refractivity contribution in [2.45, 2.75) is 19.3 Å². The van der Waals surface area contributed by atoms with E-state index in [0.29, 0.717) is 11.6 Å². The van der Waals surface area contributed by atoms with Crippen LogP contribution in [0.15, 0.2) is 48.5 Å². The number of benzene rings is 2. The van der Waals surface area contributed by atoms with Gasteiger partial charge in [-0.05, 0) is 23.8 Å². The van der Waals surface area contributed by atoms with E-state index in [1.54, 1.807) is 6.07 Å². The van der Waals surface area contributed by atoms with E-state index in [1.165, 1.54) is 12.1 Å². The molecule has 0 aliphatic carbocycles. The van der Waals surface area contributed by atoms with E-state index >= 15 is 0 Å². The average molecular weight is 379 g/mol. The van der Waals surface area contributed by atoms with Gasteiger partial charge in [0.2, 0.25) is 5.91 Å². The quantitative estimate of drug-likeness (QED) is 0.802. The minimum Gasteiger partial charge on any atom is -0.354 e. The second kappa shape index (κ2) is 8.37. The van der Waals surface area contributed by atoms with Crippen molar-refractivity contribution in [2.75, 3.05) is 13.1 Å². The zero-order valence-corrected chi connectivity index (χ0v) is 15.6. The highest BCUT2D eigenvalue weighted by Crippen LogP contribution is 2.22. The van der Waals surface area contributed by atoms with Crippen LogP contribution in [0.2, 0.25) is 10.0 Å². The van der Waals surface area contributed by atoms with Crippen LogP contribution in [0.4, 0.5) is 0 Å². The van der Waals surface area contributed by atoms with Gasteiger partial charge in [-0.25, -0.2) is 0 Å². The Morgan fingerprint density at radius 1 is 1.00 bits per heavy atom. The molecule has 6 heteroatoms. The van der Waals surface area contributed by atoms with Crippen molar-refractivity contribution in [1.29, 1.82) is 0 Å². The second-order valence-corrected chi connectivity index (χ2v) is 7.18. The molecule has 0 unspecified atom stereocenters. The largest absolute Gasteiger partial charge is 0.354 e. The fourth-order valence-electron chi connectivity index (χ4n) is 2.30. The number of amides is 2. The summed E-state index contributed by atoms with van der Waals surface area (Å²) in [4.78, 5) is 24.1. The molecule has 0 heterocycles. The van der Waals surface area contributed by atoms with Crippen LogP contribution in [0.5, 0.6) is 0 Å². The van der Waals surface area contributed by atoms with Crippen molar-refractivity contribution in [3.8, 4) is 0 Å². The molecule has 0 bridgehead atoms. The molecule has 4 nitrogen and oxygen atoms in total. The first-order valence-corrected chi connectivity index (χ1v) is 8.61. The van der Waals surface area contributed by atoms with Gasteiger partial charge in [0.25, 0.3) is 5.91 Å². The lowest BCUT2D eigenvalue weighted by Gasteiger charge is -2.25. The van der Waals surface area contributed by atoms with Crippen molar-refractivity contribution >= 4 is 35.0 Å². The molecule has 2 aromatic rings. The van der Waals surface area contributed by atoms with Crippen LogP contribution in [-0.2, 0) is 10.2 Å². The van der Waals surface area contributed by atoms with Crippen molar-refractivity contribution in [1.82, 2.24) is 10.6 Å². The Morgan fingerprint density at radius 3 is 2.32 bits per heavy atom. The van der Waals surface area contributed by atoms with Crippen LogP contribution >= 0.6 is 23.2 Å². The summed E-state index contributed by atoms with van der Waals surface area (Å²) in [6.45, 7) is 4.44. The predicted octanol–water partition coefficient (Wildman–Crippen LogP) is 3.82. The highest BCUT2D eigenvalue weighted by Gasteiger charge is 2.21. The van der Waals surface area contributed by atoms with E-state index in [-0.39, 0.29) is 28.5 Å². The Hall–Kier alpha value is -2.04. The molecule has 132 valence electrons. The molecule has 2 rings (SSSR count). The maximum Gasteiger partial charge on any atom is 0.253 e. The standard InChI is InChI=1S/C19H20Cl2N2O2/c1-19(2,13-6-4-3-5-7-13)12-23-17(24)11-22-18(25)15-9-8-14(20)10-16(15)21/h3-10H,11-12H2,1-2H3,(H,22,25)(H,23,24). The van der Waals surface area contributed by atoms with E-state index in [0.717, 1.165) is 5.56 Å². The van der Waals surface area contributed by atoms with Gasteiger partial charge in [0.1, 0.15) is 0 Å². The third kappa shape index (κ3) is 5.48. The molecule has 2 N–H and O–H groups in total. The second-order valence-electron chi connectivity index (χ2n) is 6.33. The summed E-state index contributed by atoms with van der Waals surface area (Å²) in [5, 5.41) is 6.09. The Bertz CT molecular complexity index is 761. The predicted molar refractivity (Wildman–Crippen MR) is 101 cm³/mol. The summed E-state index contributed by atoms with van der Waals surface area (Å²) in [7, 11) is 0. The van der Waals surface area contributed by atoms with Gasteiger partial charge in [-0.1, -0.05) is 67.4 Å². The number of carbonyl (C=O) groups excluding carboxylic acids is 2. The number of nitrogens with one attached hydrogen (secondary N) is 2. The number of hydrogen-bond acceptors (Lipinski definition) is 2. The molecule has 0 spiro atoms. The van der Waals surface area contributed by atoms with E-state index in [4.69, 9.17) is 23.2 Å². The molecule has 2 amide bonds. The first kappa shape index (κ1) is 19.3. The molecular weight excluding hydrogens is 359 g/mol. The zero-order valence-electron chi connectivity index (χ0n) is 14.1. The van der Waals surface area contributed by atoms with Crippen LogP contribution < -0.4 is 10.6 Å². The molecule has 0 aliphatic rings. The first-order chi connectivity index (χ1) is 11.8. The fourth-order valence-corrected chi connectivity index (χ4v) is 2.80. The lowest BCUT2D eigenvalue weighted by atomic mass is 9.84. The number of halogens is 2. The number of carbonyl (C=O) groups is 2. The third-order valence-corrected chi connectivity index (χ3v) is 4.42. The summed E-state index contributed by atoms with van der Waals surface area (Å²) in [6.07, 6.45) is 0. The van der Waals surface area contributed by atoms with Crippen LogP contribution in [0.1, 0.15) is 29.8 Å². The monoisotopic (exact) mass is 378 g/mol. The molecular formula is C19H20Cl2N2O2. The fraction of sp³-hybridized carbons (Fsp3) is 0.263. The van der Waals surface area contributed by atoms with Crippen LogP contribution in [0.25, 0.3) is 0 Å². The highest BCUT2D eigenvalue weighted by molar-refractivity contribution is 6.36. The van der Waals surface area contributed by atoms with Crippen LogP contribution in [-0.4, -0.2) is 24.9 Å². The van der Waals surface area contributed by atoms with E-state index < -0.39 is 5.91 Å². The molecule has 0 saturated heterocycles. The van der Waals surface area contributed by atoms with Crippen molar-refractivity contribution in [2.24, 2.45) is 0 Å². The molecule has 0 radical (unpaired) electrons. The minimum atomic E-state index is -0.417. The van der Waals surface area contributed by atoms with Crippen molar-refractivity contribution in [3.05, 3.63) is 69.7 Å². The van der Waals surface area contributed by atoms with Crippen molar-refractivity contribution in [3.63, 3.8) is 0 Å². The van der Waals surface area contributed by atoms with Gasteiger partial charge in [0.05, 0.1) is 17.1 Å². The number of rotatable bonds is 6. The van der Waals surface area contributed by atoms with Gasteiger partial charge in [-0.2, -0.15) is 0 Å². The Morgan fingerprint density at radius 2 is 1.68 bits per heavy atom. The van der Waals surface area contributed by atoms with Gasteiger partial charge < -0.3 is 10.6 Å². The SMILES string of the molecule is CC(C)(CNC(=O)CNC(=O)c1ccc(Cl)cc1Cl)c1ccccc1. The number of hydrogen-bond donors (Lipinski definition) is 2. The molecule has 2 aromatic carbocycles. The topological polar surface area (TPSA) is 58.2 Å². The third-order valence-electron chi connectivity index (χ3n) is 3.87. The van der Waals surface area contributed by atoms with Gasteiger partial charge in [0, 0.05) is 17.0 Å². The average Bonchev–Trinajstić information content (AvgIpc) is 2.58. The summed E-state index contributed by atoms with van der Waals surface area (Å²) in [5.74, 6) is -0.679. The molecule has 25 heavy (non-hydrogen) atoms. The van der Waals surface area contributed by atoms with Crippen molar-refractivity contribution < 1.29 is 9.59 Å². The van der Waals surface area contributed by atoms with E-state index in [2.05, 4.69) is 24.5 Å². The highest BCUT2D eigenvalue weighted by atomic mass is 35.5. The summed E-state index contributed by atoms with van der Waals surface area (Å²) >= 11 is 11.8. The lowest BCUT2D eigenvalue weighted by molar-refractivity contribution is -0.120. The summed E-state index contributed by atoms with van der Waals surface area (Å²) in [5.41, 5.74) is 1.20.